The van der Waals surface area contributed by atoms with Crippen molar-refractivity contribution < 1.29 is 19.4 Å². The van der Waals surface area contributed by atoms with Gasteiger partial charge < -0.3 is 19.3 Å². The van der Waals surface area contributed by atoms with Gasteiger partial charge in [-0.15, -0.1) is 0 Å². The number of Topliss-reactive ketones (excluding diaryl/α,β-unsaturated/α-hetero) is 1. The number of pyridine rings is 1. The van der Waals surface area contributed by atoms with E-state index >= 15 is 0 Å². The van der Waals surface area contributed by atoms with Crippen molar-refractivity contribution in [2.45, 2.75) is 32.5 Å². The zero-order valence-electron chi connectivity index (χ0n) is 21.0. The molecule has 0 aliphatic carbocycles. The highest BCUT2D eigenvalue weighted by Crippen LogP contribution is 2.39. The Balaban J connectivity index is 1.39. The number of aliphatic hydroxyl groups is 1. The lowest BCUT2D eigenvalue weighted by molar-refractivity contribution is -0.139. The molecule has 2 aromatic carbocycles. The van der Waals surface area contributed by atoms with E-state index in [0.29, 0.717) is 43.0 Å². The number of carbonyl (C=O) groups excluding carboxylic acids is 2. The molecule has 1 amide bonds. The lowest BCUT2D eigenvalue weighted by Crippen LogP contribution is -2.31. The summed E-state index contributed by atoms with van der Waals surface area (Å²) in [4.78, 5) is 36.0. The van der Waals surface area contributed by atoms with E-state index in [-0.39, 0.29) is 11.3 Å². The summed E-state index contributed by atoms with van der Waals surface area (Å²) < 4.78 is 7.80. The third-order valence-corrected chi connectivity index (χ3v) is 6.53. The maximum atomic E-state index is 13.2. The molecule has 0 bridgehead atoms. The fraction of sp³-hybridized carbons (Fsp3) is 0.200. The summed E-state index contributed by atoms with van der Waals surface area (Å²) >= 11 is 0. The van der Waals surface area contributed by atoms with Gasteiger partial charge in [0.15, 0.2) is 0 Å². The standard InChI is InChI=1S/C30H28N4O4/c1-21-5-2-6-22(17-21)19-38-25-10-8-23(9-11-25)28(35)26-27(24-7-3-12-31-18-24)34(30(37)29(26)36)15-4-14-33-16-13-32-20-33/h2-3,5-13,16-18,20,27,35H,4,14-15,19H2,1H3/t27-/m0/s1. The number of carbonyl (C=O) groups is 2. The molecule has 0 spiro atoms. The van der Waals surface area contributed by atoms with Gasteiger partial charge in [-0.05, 0) is 54.8 Å². The van der Waals surface area contributed by atoms with Crippen molar-refractivity contribution in [2.75, 3.05) is 6.54 Å². The Labute approximate surface area is 220 Å². The molecule has 4 aromatic rings. The van der Waals surface area contributed by atoms with Crippen LogP contribution in [-0.2, 0) is 22.7 Å². The second-order valence-electron chi connectivity index (χ2n) is 9.24. The summed E-state index contributed by atoms with van der Waals surface area (Å²) in [7, 11) is 0. The highest BCUT2D eigenvalue weighted by atomic mass is 16.5. The predicted octanol–water partition coefficient (Wildman–Crippen LogP) is 4.68. The van der Waals surface area contributed by atoms with Gasteiger partial charge in [0.05, 0.1) is 17.9 Å². The highest BCUT2D eigenvalue weighted by Gasteiger charge is 2.45. The first-order valence-electron chi connectivity index (χ1n) is 12.4. The SMILES string of the molecule is Cc1cccc(COc2ccc(C(O)=C3C(=O)C(=O)N(CCCn4ccnc4)[C@H]3c3cccnc3)cc2)c1. The van der Waals surface area contributed by atoms with Crippen molar-refractivity contribution in [2.24, 2.45) is 0 Å². The van der Waals surface area contributed by atoms with Crippen molar-refractivity contribution in [1.29, 1.82) is 0 Å². The van der Waals surface area contributed by atoms with Gasteiger partial charge in [0.25, 0.3) is 11.7 Å². The van der Waals surface area contributed by atoms with Crippen LogP contribution in [0.5, 0.6) is 5.75 Å². The fourth-order valence-corrected chi connectivity index (χ4v) is 4.67. The molecule has 1 atom stereocenters. The molecular formula is C30H28N4O4. The largest absolute Gasteiger partial charge is 0.507 e. The smallest absolute Gasteiger partial charge is 0.295 e. The van der Waals surface area contributed by atoms with Crippen LogP contribution in [0.4, 0.5) is 0 Å². The minimum absolute atomic E-state index is 0.0547. The number of likely N-dealkylation sites (tertiary alicyclic amines) is 1. The third-order valence-electron chi connectivity index (χ3n) is 6.53. The molecule has 8 heteroatoms. The molecule has 192 valence electrons. The van der Waals surface area contributed by atoms with E-state index in [1.165, 1.54) is 4.90 Å². The maximum Gasteiger partial charge on any atom is 0.295 e. The Morgan fingerprint density at radius 1 is 1.00 bits per heavy atom. The lowest BCUT2D eigenvalue weighted by Gasteiger charge is -2.25. The number of aryl methyl sites for hydroxylation is 2. The number of imidazole rings is 1. The predicted molar refractivity (Wildman–Crippen MR) is 142 cm³/mol. The number of rotatable bonds is 9. The lowest BCUT2D eigenvalue weighted by atomic mass is 9.96. The van der Waals surface area contributed by atoms with Gasteiger partial charge in [-0.2, -0.15) is 0 Å². The second-order valence-corrected chi connectivity index (χ2v) is 9.24. The first-order valence-corrected chi connectivity index (χ1v) is 12.4. The molecule has 0 radical (unpaired) electrons. The van der Waals surface area contributed by atoms with Crippen molar-refractivity contribution in [1.82, 2.24) is 19.4 Å². The third kappa shape index (κ3) is 5.34. The number of aromatic nitrogens is 3. The summed E-state index contributed by atoms with van der Waals surface area (Å²) in [6.45, 7) is 3.43. The number of amides is 1. The van der Waals surface area contributed by atoms with Crippen molar-refractivity contribution in [3.05, 3.63) is 120 Å². The van der Waals surface area contributed by atoms with E-state index in [1.54, 1.807) is 55.2 Å². The van der Waals surface area contributed by atoms with Gasteiger partial charge in [-0.1, -0.05) is 35.9 Å². The molecule has 1 N–H and O–H groups in total. The monoisotopic (exact) mass is 508 g/mol. The Morgan fingerprint density at radius 3 is 2.55 bits per heavy atom. The Kier molecular flexibility index (Phi) is 7.31. The van der Waals surface area contributed by atoms with Crippen molar-refractivity contribution in [3.63, 3.8) is 0 Å². The maximum absolute atomic E-state index is 13.2. The van der Waals surface area contributed by atoms with E-state index in [1.807, 2.05) is 42.0 Å². The quantitative estimate of drug-likeness (QED) is 0.200. The Hall–Kier alpha value is -4.72. The molecule has 1 fully saturated rings. The fourth-order valence-electron chi connectivity index (χ4n) is 4.67. The molecule has 0 unspecified atom stereocenters. The highest BCUT2D eigenvalue weighted by molar-refractivity contribution is 6.46. The van der Waals surface area contributed by atoms with Crippen LogP contribution in [0.15, 0.2) is 97.4 Å². The van der Waals surface area contributed by atoms with Crippen molar-refractivity contribution >= 4 is 17.4 Å². The van der Waals surface area contributed by atoms with Crippen LogP contribution in [0.1, 0.15) is 34.7 Å². The zero-order valence-corrected chi connectivity index (χ0v) is 21.0. The van der Waals surface area contributed by atoms with E-state index in [4.69, 9.17) is 4.74 Å². The van der Waals surface area contributed by atoms with E-state index in [2.05, 4.69) is 16.0 Å². The van der Waals surface area contributed by atoms with Gasteiger partial charge in [0, 0.05) is 43.4 Å². The number of nitrogens with zero attached hydrogens (tertiary/aromatic N) is 4. The molecule has 1 saturated heterocycles. The number of hydrogen-bond acceptors (Lipinski definition) is 6. The molecule has 8 nitrogen and oxygen atoms in total. The number of ketones is 1. The van der Waals surface area contributed by atoms with E-state index in [9.17, 15) is 14.7 Å². The number of hydrogen-bond donors (Lipinski definition) is 1. The van der Waals surface area contributed by atoms with E-state index < -0.39 is 17.7 Å². The molecule has 1 aliphatic rings. The van der Waals surface area contributed by atoms with E-state index in [0.717, 1.165) is 11.1 Å². The zero-order chi connectivity index (χ0) is 26.5. The minimum atomic E-state index is -0.733. The van der Waals surface area contributed by atoms with Crippen LogP contribution in [0, 0.1) is 6.92 Å². The van der Waals surface area contributed by atoms with Gasteiger partial charge in [0.2, 0.25) is 0 Å². The molecule has 0 saturated carbocycles. The second kappa shape index (κ2) is 11.1. The van der Waals surface area contributed by atoms with Crippen LogP contribution < -0.4 is 4.74 Å². The Morgan fingerprint density at radius 2 is 1.84 bits per heavy atom. The molecule has 5 rings (SSSR count). The van der Waals surface area contributed by atoms with Gasteiger partial charge in [-0.25, -0.2) is 4.98 Å². The topological polar surface area (TPSA) is 97.6 Å². The van der Waals surface area contributed by atoms with Crippen LogP contribution >= 0.6 is 0 Å². The first-order chi connectivity index (χ1) is 18.5. The number of aliphatic hydroxyl groups excluding tert-OH is 1. The molecular weight excluding hydrogens is 480 g/mol. The minimum Gasteiger partial charge on any atom is -0.507 e. The van der Waals surface area contributed by atoms with Gasteiger partial charge in [0.1, 0.15) is 18.1 Å². The first kappa shape index (κ1) is 25.0. The summed E-state index contributed by atoms with van der Waals surface area (Å²) in [5.41, 5.74) is 3.36. The van der Waals surface area contributed by atoms with Crippen LogP contribution in [0.25, 0.3) is 5.76 Å². The molecule has 3 heterocycles. The molecule has 1 aliphatic heterocycles. The average Bonchev–Trinajstić information content (AvgIpc) is 3.55. The van der Waals surface area contributed by atoms with Gasteiger partial charge in [-0.3, -0.25) is 14.6 Å². The summed E-state index contributed by atoms with van der Waals surface area (Å²) in [5, 5.41) is 11.3. The normalized spacial score (nSPS) is 16.7. The van der Waals surface area contributed by atoms with Gasteiger partial charge >= 0.3 is 0 Å². The molecule has 2 aromatic heterocycles. The van der Waals surface area contributed by atoms with Crippen LogP contribution in [-0.4, -0.2) is 42.8 Å². The summed E-state index contributed by atoms with van der Waals surface area (Å²) in [6, 6.07) is 17.8. The van der Waals surface area contributed by atoms with Crippen LogP contribution in [0.2, 0.25) is 0 Å². The Bertz CT molecular complexity index is 1450. The summed E-state index contributed by atoms with van der Waals surface area (Å²) in [5.74, 6) is -0.936. The van der Waals surface area contributed by atoms with Crippen molar-refractivity contribution in [3.8, 4) is 5.75 Å². The van der Waals surface area contributed by atoms with Crippen LogP contribution in [0.3, 0.4) is 0 Å². The summed E-state index contributed by atoms with van der Waals surface area (Å²) in [6.07, 6.45) is 9.12. The average molecular weight is 509 g/mol. The number of ether oxygens (including phenoxy) is 1. The molecule has 38 heavy (non-hydrogen) atoms. The number of benzene rings is 2.